The van der Waals surface area contributed by atoms with Gasteiger partial charge in [0.1, 0.15) is 6.61 Å². The van der Waals surface area contributed by atoms with E-state index >= 15 is 0 Å². The molecule has 3 nitrogen and oxygen atoms in total. The van der Waals surface area contributed by atoms with E-state index in [4.69, 9.17) is 22.1 Å². The minimum atomic E-state index is -0.363. The van der Waals surface area contributed by atoms with Crippen LogP contribution in [0.3, 0.4) is 0 Å². The maximum absolute atomic E-state index is 12.1. The predicted molar refractivity (Wildman–Crippen MR) is 85.3 cm³/mol. The molecule has 2 aromatic rings. The lowest BCUT2D eigenvalue weighted by molar-refractivity contribution is -0.146. The van der Waals surface area contributed by atoms with Crippen LogP contribution in [0.1, 0.15) is 29.5 Å². The minimum Gasteiger partial charge on any atom is -0.460 e. The van der Waals surface area contributed by atoms with Gasteiger partial charge in [-0.05, 0) is 43.2 Å². The van der Waals surface area contributed by atoms with Gasteiger partial charge in [0.2, 0.25) is 0 Å². The monoisotopic (exact) mass is 303 g/mol. The molecular formula is C17H18ClNO2. The largest absolute Gasteiger partial charge is 0.460 e. The molecule has 4 heteroatoms. The van der Waals surface area contributed by atoms with Crippen molar-refractivity contribution in [2.24, 2.45) is 0 Å². The number of halogens is 1. The lowest BCUT2D eigenvalue weighted by Crippen LogP contribution is -2.13. The van der Waals surface area contributed by atoms with Crippen LogP contribution in [0.15, 0.2) is 42.5 Å². The van der Waals surface area contributed by atoms with Crippen molar-refractivity contribution in [3.63, 3.8) is 0 Å². The zero-order valence-electron chi connectivity index (χ0n) is 12.1. The zero-order valence-corrected chi connectivity index (χ0v) is 12.9. The Labute approximate surface area is 129 Å². The minimum absolute atomic E-state index is 0.171. The first kappa shape index (κ1) is 15.4. The number of nitrogen functional groups attached to an aromatic ring is 1. The maximum Gasteiger partial charge on any atom is 0.313 e. The number of benzene rings is 2. The Bertz CT molecular complexity index is 655. The Kier molecular flexibility index (Phi) is 4.86. The molecule has 110 valence electrons. The lowest BCUT2D eigenvalue weighted by Gasteiger charge is -2.13. The van der Waals surface area contributed by atoms with Crippen molar-refractivity contribution >= 4 is 23.3 Å². The molecule has 0 aliphatic carbocycles. The molecule has 0 saturated carbocycles. The molecule has 1 unspecified atom stereocenters. The Morgan fingerprint density at radius 2 is 2.05 bits per heavy atom. The number of rotatable bonds is 4. The van der Waals surface area contributed by atoms with E-state index in [2.05, 4.69) is 0 Å². The second-order valence-corrected chi connectivity index (χ2v) is 5.50. The highest BCUT2D eigenvalue weighted by atomic mass is 35.5. The molecule has 0 radical (unpaired) electrons. The van der Waals surface area contributed by atoms with E-state index in [-0.39, 0.29) is 18.5 Å². The van der Waals surface area contributed by atoms with Gasteiger partial charge in [-0.25, -0.2) is 0 Å². The number of carbonyl (C=O) groups is 1. The van der Waals surface area contributed by atoms with Gasteiger partial charge in [-0.3, -0.25) is 4.79 Å². The Hall–Kier alpha value is -2.00. The van der Waals surface area contributed by atoms with Crippen LogP contribution in [-0.4, -0.2) is 5.97 Å². The van der Waals surface area contributed by atoms with Gasteiger partial charge in [0.25, 0.3) is 0 Å². The molecule has 2 aromatic carbocycles. The molecule has 0 spiro atoms. The number of nitrogens with two attached hydrogens (primary N) is 1. The number of anilines is 1. The van der Waals surface area contributed by atoms with Gasteiger partial charge >= 0.3 is 5.97 Å². The third kappa shape index (κ3) is 3.99. The molecule has 1 atom stereocenters. The molecule has 2 N–H and O–H groups in total. The number of esters is 1. The van der Waals surface area contributed by atoms with Gasteiger partial charge in [-0.1, -0.05) is 35.9 Å². The normalized spacial score (nSPS) is 12.0. The fourth-order valence-corrected chi connectivity index (χ4v) is 2.30. The summed E-state index contributed by atoms with van der Waals surface area (Å²) in [6.07, 6.45) is 0. The third-order valence-electron chi connectivity index (χ3n) is 3.34. The first-order valence-electron chi connectivity index (χ1n) is 6.74. The summed E-state index contributed by atoms with van der Waals surface area (Å²) in [6.45, 7) is 3.93. The van der Waals surface area contributed by atoms with Crippen LogP contribution in [0.25, 0.3) is 0 Å². The van der Waals surface area contributed by atoms with Crippen molar-refractivity contribution < 1.29 is 9.53 Å². The van der Waals surface area contributed by atoms with E-state index in [0.717, 1.165) is 16.7 Å². The first-order valence-corrected chi connectivity index (χ1v) is 7.12. The Morgan fingerprint density at radius 3 is 2.71 bits per heavy atom. The fourth-order valence-electron chi connectivity index (χ4n) is 2.01. The molecule has 0 fully saturated rings. The summed E-state index contributed by atoms with van der Waals surface area (Å²) in [6, 6.07) is 12.9. The van der Waals surface area contributed by atoms with Gasteiger partial charge in [0, 0.05) is 16.3 Å². The van der Waals surface area contributed by atoms with Crippen LogP contribution in [0, 0.1) is 6.92 Å². The molecule has 0 aromatic heterocycles. The summed E-state index contributed by atoms with van der Waals surface area (Å²) in [5.41, 5.74) is 9.08. The van der Waals surface area contributed by atoms with Crippen LogP contribution in [-0.2, 0) is 16.1 Å². The van der Waals surface area contributed by atoms with Crippen molar-refractivity contribution in [1.82, 2.24) is 0 Å². The van der Waals surface area contributed by atoms with E-state index in [1.54, 1.807) is 19.1 Å². The molecule has 0 amide bonds. The predicted octanol–water partition coefficient (Wildman–Crippen LogP) is 4.08. The molecular weight excluding hydrogens is 286 g/mol. The van der Waals surface area contributed by atoms with E-state index in [9.17, 15) is 4.79 Å². The molecule has 0 aliphatic heterocycles. The maximum atomic E-state index is 12.1. The number of hydrogen-bond donors (Lipinski definition) is 1. The van der Waals surface area contributed by atoms with Crippen LogP contribution >= 0.6 is 11.6 Å². The number of carbonyl (C=O) groups excluding carboxylic acids is 1. The summed E-state index contributed by atoms with van der Waals surface area (Å²) >= 11 is 6.12. The van der Waals surface area contributed by atoms with Crippen molar-refractivity contribution in [3.8, 4) is 0 Å². The van der Waals surface area contributed by atoms with Crippen LogP contribution in [0.2, 0.25) is 5.02 Å². The van der Waals surface area contributed by atoms with E-state index in [1.807, 2.05) is 37.3 Å². The van der Waals surface area contributed by atoms with Crippen molar-refractivity contribution in [3.05, 3.63) is 64.2 Å². The molecule has 0 bridgehead atoms. The van der Waals surface area contributed by atoms with E-state index < -0.39 is 0 Å². The standard InChI is InChI=1S/C17H18ClNO2/c1-11-6-7-14(16(18)8-11)10-21-17(20)12(2)13-4-3-5-15(19)9-13/h3-9,12H,10,19H2,1-2H3. The van der Waals surface area contributed by atoms with Gasteiger partial charge in [-0.15, -0.1) is 0 Å². The van der Waals surface area contributed by atoms with Crippen LogP contribution in [0.4, 0.5) is 5.69 Å². The summed E-state index contributed by atoms with van der Waals surface area (Å²) in [7, 11) is 0. The summed E-state index contributed by atoms with van der Waals surface area (Å²) in [4.78, 5) is 12.1. The fraction of sp³-hybridized carbons (Fsp3) is 0.235. The average molecular weight is 304 g/mol. The van der Waals surface area contributed by atoms with Crippen molar-refractivity contribution in [2.75, 3.05) is 5.73 Å². The molecule has 2 rings (SSSR count). The van der Waals surface area contributed by atoms with Gasteiger partial charge < -0.3 is 10.5 Å². The molecule has 21 heavy (non-hydrogen) atoms. The topological polar surface area (TPSA) is 52.3 Å². The van der Waals surface area contributed by atoms with Crippen LogP contribution in [0.5, 0.6) is 0 Å². The molecule has 0 heterocycles. The van der Waals surface area contributed by atoms with Gasteiger partial charge in [0.05, 0.1) is 5.92 Å². The van der Waals surface area contributed by atoms with Gasteiger partial charge in [0.15, 0.2) is 0 Å². The van der Waals surface area contributed by atoms with Crippen molar-refractivity contribution in [1.29, 1.82) is 0 Å². The summed E-state index contributed by atoms with van der Waals surface area (Å²) in [5.74, 6) is -0.657. The van der Waals surface area contributed by atoms with Crippen molar-refractivity contribution in [2.45, 2.75) is 26.4 Å². The first-order chi connectivity index (χ1) is 9.97. The number of ether oxygens (including phenoxy) is 1. The smallest absolute Gasteiger partial charge is 0.313 e. The Morgan fingerprint density at radius 1 is 1.29 bits per heavy atom. The lowest BCUT2D eigenvalue weighted by atomic mass is 10.0. The second-order valence-electron chi connectivity index (χ2n) is 5.09. The summed E-state index contributed by atoms with van der Waals surface area (Å²) in [5, 5.41) is 0.611. The second kappa shape index (κ2) is 6.64. The van der Waals surface area contributed by atoms with Gasteiger partial charge in [-0.2, -0.15) is 0 Å². The highest BCUT2D eigenvalue weighted by Gasteiger charge is 2.17. The summed E-state index contributed by atoms with van der Waals surface area (Å²) < 4.78 is 5.34. The van der Waals surface area contributed by atoms with E-state index in [1.165, 1.54) is 0 Å². The SMILES string of the molecule is Cc1ccc(COC(=O)C(C)c2cccc(N)c2)c(Cl)c1. The van der Waals surface area contributed by atoms with E-state index in [0.29, 0.717) is 10.7 Å². The number of aryl methyl sites for hydroxylation is 1. The number of hydrogen-bond acceptors (Lipinski definition) is 3. The Balaban J connectivity index is 2.01. The highest BCUT2D eigenvalue weighted by molar-refractivity contribution is 6.31. The quantitative estimate of drug-likeness (QED) is 0.684. The molecule has 0 aliphatic rings. The average Bonchev–Trinajstić information content (AvgIpc) is 2.45. The third-order valence-corrected chi connectivity index (χ3v) is 3.69. The molecule has 0 saturated heterocycles. The highest BCUT2D eigenvalue weighted by Crippen LogP contribution is 2.22. The van der Waals surface area contributed by atoms with Crippen LogP contribution < -0.4 is 5.73 Å². The zero-order chi connectivity index (χ0) is 15.4.